The van der Waals surface area contributed by atoms with Crippen LogP contribution in [0.3, 0.4) is 0 Å². The minimum Gasteiger partial charge on any atom is -0.317 e. The van der Waals surface area contributed by atoms with Crippen LogP contribution < -0.4 is 5.32 Å². The van der Waals surface area contributed by atoms with E-state index in [1.54, 1.807) is 0 Å². The van der Waals surface area contributed by atoms with Gasteiger partial charge in [-0.2, -0.15) is 5.26 Å². The normalized spacial score (nSPS) is 23.6. The van der Waals surface area contributed by atoms with Crippen molar-refractivity contribution in [2.45, 2.75) is 19.8 Å². The van der Waals surface area contributed by atoms with Gasteiger partial charge in [-0.25, -0.2) is 0 Å². The maximum absolute atomic E-state index is 8.62. The zero-order valence-electron chi connectivity index (χ0n) is 6.43. The molecule has 0 radical (unpaired) electrons. The summed E-state index contributed by atoms with van der Waals surface area (Å²) >= 11 is 0. The van der Waals surface area contributed by atoms with Gasteiger partial charge in [-0.05, 0) is 38.8 Å². The smallest absolute Gasteiger partial charge is 0.0655 e. The number of nitrogens with zero attached hydrogens (tertiary/aromatic N) is 1. The lowest BCUT2D eigenvalue weighted by atomic mass is 9.87. The van der Waals surface area contributed by atoms with Crippen LogP contribution in [0, 0.1) is 23.2 Å². The first-order valence-electron chi connectivity index (χ1n) is 3.95. The lowest BCUT2D eigenvalue weighted by molar-refractivity contribution is 0.318. The first kappa shape index (κ1) is 7.56. The van der Waals surface area contributed by atoms with Crippen LogP contribution in [0.25, 0.3) is 0 Å². The molecule has 0 bridgehead atoms. The Hall–Kier alpha value is -0.550. The second-order valence-electron chi connectivity index (χ2n) is 3.01. The number of hydrogen-bond acceptors (Lipinski definition) is 2. The fourth-order valence-electron chi connectivity index (χ4n) is 1.45. The first-order valence-corrected chi connectivity index (χ1v) is 3.95. The van der Waals surface area contributed by atoms with Gasteiger partial charge in [-0.3, -0.25) is 0 Å². The Labute approximate surface area is 62.2 Å². The molecule has 1 aliphatic rings. The molecule has 1 heterocycles. The second kappa shape index (κ2) is 3.58. The maximum Gasteiger partial charge on any atom is 0.0655 e. The van der Waals surface area contributed by atoms with Crippen molar-refractivity contribution in [3.05, 3.63) is 0 Å². The van der Waals surface area contributed by atoms with E-state index in [0.717, 1.165) is 13.1 Å². The molecule has 0 aliphatic carbocycles. The van der Waals surface area contributed by atoms with Gasteiger partial charge in [-0.15, -0.1) is 0 Å². The highest BCUT2D eigenvalue weighted by atomic mass is 14.9. The van der Waals surface area contributed by atoms with Crippen molar-refractivity contribution in [3.63, 3.8) is 0 Å². The highest BCUT2D eigenvalue weighted by Gasteiger charge is 2.18. The Bertz CT molecular complexity index is 131. The Morgan fingerprint density at radius 2 is 2.10 bits per heavy atom. The summed E-state index contributed by atoms with van der Waals surface area (Å²) in [5, 5.41) is 11.9. The lowest BCUT2D eigenvalue weighted by Crippen LogP contribution is -2.30. The predicted octanol–water partition coefficient (Wildman–Crippen LogP) is 1.15. The summed E-state index contributed by atoms with van der Waals surface area (Å²) in [6.07, 6.45) is 2.35. The number of nitrogens with one attached hydrogen (secondary N) is 1. The van der Waals surface area contributed by atoms with Gasteiger partial charge in [-0.1, -0.05) is 0 Å². The maximum atomic E-state index is 8.62. The molecule has 1 fully saturated rings. The summed E-state index contributed by atoms with van der Waals surface area (Å²) in [4.78, 5) is 0. The second-order valence-corrected chi connectivity index (χ2v) is 3.01. The van der Waals surface area contributed by atoms with Gasteiger partial charge in [0.2, 0.25) is 0 Å². The molecular weight excluding hydrogens is 124 g/mol. The van der Waals surface area contributed by atoms with E-state index >= 15 is 0 Å². The molecule has 1 aliphatic heterocycles. The molecule has 0 aromatic heterocycles. The van der Waals surface area contributed by atoms with Gasteiger partial charge >= 0.3 is 0 Å². The topological polar surface area (TPSA) is 35.8 Å². The Morgan fingerprint density at radius 3 is 2.60 bits per heavy atom. The van der Waals surface area contributed by atoms with E-state index in [9.17, 15) is 0 Å². The fourth-order valence-corrected chi connectivity index (χ4v) is 1.45. The van der Waals surface area contributed by atoms with Crippen molar-refractivity contribution in [1.82, 2.24) is 5.32 Å². The third kappa shape index (κ3) is 1.71. The summed E-state index contributed by atoms with van der Waals surface area (Å²) in [7, 11) is 0. The van der Waals surface area contributed by atoms with E-state index in [0.29, 0.717) is 5.92 Å². The molecule has 1 rings (SSSR count). The molecular formula is C8H14N2. The van der Waals surface area contributed by atoms with Gasteiger partial charge in [0.25, 0.3) is 0 Å². The molecule has 56 valence electrons. The standard InChI is InChI=1S/C8H14N2/c1-7(6-9)8-2-4-10-5-3-8/h7-8,10H,2-5H2,1H3. The predicted molar refractivity (Wildman–Crippen MR) is 40.4 cm³/mol. The molecule has 1 N–H and O–H groups in total. The summed E-state index contributed by atoms with van der Waals surface area (Å²) in [5.41, 5.74) is 0. The summed E-state index contributed by atoms with van der Waals surface area (Å²) < 4.78 is 0. The van der Waals surface area contributed by atoms with Crippen molar-refractivity contribution >= 4 is 0 Å². The molecule has 2 nitrogen and oxygen atoms in total. The minimum atomic E-state index is 0.252. The molecule has 0 aromatic carbocycles. The van der Waals surface area contributed by atoms with E-state index in [1.807, 2.05) is 6.92 Å². The van der Waals surface area contributed by atoms with E-state index in [-0.39, 0.29) is 5.92 Å². The largest absolute Gasteiger partial charge is 0.317 e. The van der Waals surface area contributed by atoms with E-state index < -0.39 is 0 Å². The monoisotopic (exact) mass is 138 g/mol. The zero-order valence-corrected chi connectivity index (χ0v) is 6.43. The van der Waals surface area contributed by atoms with Crippen molar-refractivity contribution in [2.75, 3.05) is 13.1 Å². The Balaban J connectivity index is 2.33. The highest BCUT2D eigenvalue weighted by molar-refractivity contribution is 4.86. The number of piperidine rings is 1. The van der Waals surface area contributed by atoms with Crippen LogP contribution in [0.2, 0.25) is 0 Å². The molecule has 2 heteroatoms. The fraction of sp³-hybridized carbons (Fsp3) is 0.875. The molecule has 10 heavy (non-hydrogen) atoms. The van der Waals surface area contributed by atoms with Gasteiger partial charge < -0.3 is 5.32 Å². The quantitative estimate of drug-likeness (QED) is 0.590. The molecule has 0 amide bonds. The van der Waals surface area contributed by atoms with Gasteiger partial charge in [0.1, 0.15) is 0 Å². The van der Waals surface area contributed by atoms with Crippen LogP contribution in [0.4, 0.5) is 0 Å². The van der Waals surface area contributed by atoms with Crippen LogP contribution in [0.1, 0.15) is 19.8 Å². The summed E-state index contributed by atoms with van der Waals surface area (Å²) in [6.45, 7) is 4.21. The summed E-state index contributed by atoms with van der Waals surface area (Å²) in [5.74, 6) is 0.897. The Kier molecular flexibility index (Phi) is 2.70. The zero-order chi connectivity index (χ0) is 7.40. The van der Waals surface area contributed by atoms with Gasteiger partial charge in [0.05, 0.1) is 6.07 Å². The molecule has 0 spiro atoms. The number of hydrogen-bond donors (Lipinski definition) is 1. The summed E-state index contributed by atoms with van der Waals surface area (Å²) in [6, 6.07) is 2.31. The Morgan fingerprint density at radius 1 is 1.50 bits per heavy atom. The highest BCUT2D eigenvalue weighted by Crippen LogP contribution is 2.20. The van der Waals surface area contributed by atoms with Crippen LogP contribution in [0.15, 0.2) is 0 Å². The van der Waals surface area contributed by atoms with E-state index in [2.05, 4.69) is 11.4 Å². The van der Waals surface area contributed by atoms with Crippen LogP contribution in [-0.4, -0.2) is 13.1 Å². The molecule has 1 unspecified atom stereocenters. The third-order valence-corrected chi connectivity index (χ3v) is 2.29. The average molecular weight is 138 g/mol. The SMILES string of the molecule is CC(C#N)C1CCNCC1. The molecule has 0 saturated carbocycles. The van der Waals surface area contributed by atoms with E-state index in [4.69, 9.17) is 5.26 Å². The molecule has 0 aromatic rings. The molecule has 1 atom stereocenters. The van der Waals surface area contributed by atoms with Crippen LogP contribution in [0.5, 0.6) is 0 Å². The van der Waals surface area contributed by atoms with Crippen LogP contribution >= 0.6 is 0 Å². The average Bonchev–Trinajstić information content (AvgIpc) is 2.05. The first-order chi connectivity index (χ1) is 4.84. The third-order valence-electron chi connectivity index (χ3n) is 2.29. The lowest BCUT2D eigenvalue weighted by Gasteiger charge is -2.23. The van der Waals surface area contributed by atoms with Crippen LogP contribution in [-0.2, 0) is 0 Å². The molecule has 1 saturated heterocycles. The van der Waals surface area contributed by atoms with Gasteiger partial charge in [0, 0.05) is 5.92 Å². The minimum absolute atomic E-state index is 0.252. The number of nitriles is 1. The number of rotatable bonds is 1. The van der Waals surface area contributed by atoms with E-state index in [1.165, 1.54) is 12.8 Å². The van der Waals surface area contributed by atoms with Crippen molar-refractivity contribution in [3.8, 4) is 6.07 Å². The van der Waals surface area contributed by atoms with Gasteiger partial charge in [0.15, 0.2) is 0 Å². The van der Waals surface area contributed by atoms with Crippen molar-refractivity contribution in [2.24, 2.45) is 11.8 Å². The van der Waals surface area contributed by atoms with Crippen molar-refractivity contribution in [1.29, 1.82) is 5.26 Å². The van der Waals surface area contributed by atoms with Crippen molar-refractivity contribution < 1.29 is 0 Å².